The summed E-state index contributed by atoms with van der Waals surface area (Å²) in [5.74, 6) is -0.0930. The Morgan fingerprint density at radius 1 is 1.14 bits per heavy atom. The Balaban J connectivity index is 1.90. The van der Waals surface area contributed by atoms with Crippen LogP contribution in [0.5, 0.6) is 0 Å². The molecule has 0 saturated heterocycles. The Morgan fingerprint density at radius 2 is 1.86 bits per heavy atom. The van der Waals surface area contributed by atoms with E-state index in [4.69, 9.17) is 4.74 Å². The second-order valence-corrected chi connectivity index (χ2v) is 5.41. The molecule has 4 nitrogen and oxygen atoms in total. The lowest BCUT2D eigenvalue weighted by molar-refractivity contribution is -0.114. The van der Waals surface area contributed by atoms with E-state index >= 15 is 0 Å². The number of hydrogen-bond donors (Lipinski definition) is 2. The van der Waals surface area contributed by atoms with E-state index in [9.17, 15) is 4.79 Å². The summed E-state index contributed by atoms with van der Waals surface area (Å²) < 4.78 is 6.12. The Bertz CT molecular complexity index is 599. The van der Waals surface area contributed by atoms with Gasteiger partial charge in [-0.25, -0.2) is 0 Å². The number of halogens is 1. The summed E-state index contributed by atoms with van der Waals surface area (Å²) in [4.78, 5) is 11.9. The fourth-order valence-corrected chi connectivity index (χ4v) is 2.15. The molecule has 0 saturated carbocycles. The molecule has 0 spiro atoms. The number of benzene rings is 2. The van der Waals surface area contributed by atoms with Crippen molar-refractivity contribution in [3.63, 3.8) is 0 Å². The van der Waals surface area contributed by atoms with Gasteiger partial charge in [0.05, 0.1) is 13.2 Å². The van der Waals surface area contributed by atoms with Crippen molar-refractivity contribution in [2.75, 3.05) is 24.3 Å². The average molecular weight is 349 g/mol. The molecule has 0 aromatic heterocycles. The van der Waals surface area contributed by atoms with Gasteiger partial charge in [-0.05, 0) is 30.3 Å². The third kappa shape index (κ3) is 4.88. The quantitative estimate of drug-likeness (QED) is 0.837. The Morgan fingerprint density at radius 3 is 2.57 bits per heavy atom. The summed E-state index contributed by atoms with van der Waals surface area (Å²) >= 11 is 3.36. The zero-order valence-electron chi connectivity index (χ0n) is 11.7. The standard InChI is InChI=1S/C16H17BrN2O2/c1-21-11-12-4-2-3-5-15(12)18-10-16(20)19-14-8-6-13(17)7-9-14/h2-9,18H,10-11H2,1H3,(H,19,20). The van der Waals surface area contributed by atoms with Crippen LogP contribution in [0.4, 0.5) is 11.4 Å². The third-order valence-corrected chi connectivity index (χ3v) is 3.41. The van der Waals surface area contributed by atoms with E-state index in [1.807, 2.05) is 48.5 Å². The van der Waals surface area contributed by atoms with Crippen LogP contribution in [-0.4, -0.2) is 19.6 Å². The molecule has 21 heavy (non-hydrogen) atoms. The first-order valence-corrected chi connectivity index (χ1v) is 7.34. The number of para-hydroxylation sites is 1. The fourth-order valence-electron chi connectivity index (χ4n) is 1.89. The molecule has 2 aromatic rings. The summed E-state index contributed by atoms with van der Waals surface area (Å²) in [6, 6.07) is 15.2. The minimum Gasteiger partial charge on any atom is -0.380 e. The number of hydrogen-bond acceptors (Lipinski definition) is 3. The number of amides is 1. The molecule has 110 valence electrons. The smallest absolute Gasteiger partial charge is 0.243 e. The van der Waals surface area contributed by atoms with Gasteiger partial charge in [0.25, 0.3) is 0 Å². The molecule has 0 bridgehead atoms. The first-order valence-electron chi connectivity index (χ1n) is 6.55. The molecule has 0 fully saturated rings. The number of carbonyl (C=O) groups excluding carboxylic acids is 1. The van der Waals surface area contributed by atoms with Gasteiger partial charge in [0.15, 0.2) is 0 Å². The maximum absolute atomic E-state index is 11.9. The maximum atomic E-state index is 11.9. The van der Waals surface area contributed by atoms with Crippen molar-refractivity contribution in [3.8, 4) is 0 Å². The molecule has 0 atom stereocenters. The minimum absolute atomic E-state index is 0.0930. The number of carbonyl (C=O) groups is 1. The molecular weight excluding hydrogens is 332 g/mol. The lowest BCUT2D eigenvalue weighted by Crippen LogP contribution is -2.22. The van der Waals surface area contributed by atoms with Crippen molar-refractivity contribution in [3.05, 3.63) is 58.6 Å². The van der Waals surface area contributed by atoms with E-state index in [0.717, 1.165) is 21.4 Å². The van der Waals surface area contributed by atoms with Crippen LogP contribution in [0.15, 0.2) is 53.0 Å². The first-order chi connectivity index (χ1) is 10.2. The maximum Gasteiger partial charge on any atom is 0.243 e. The fraction of sp³-hybridized carbons (Fsp3) is 0.188. The molecule has 5 heteroatoms. The van der Waals surface area contributed by atoms with E-state index in [2.05, 4.69) is 26.6 Å². The van der Waals surface area contributed by atoms with Crippen LogP contribution in [0.1, 0.15) is 5.56 Å². The third-order valence-electron chi connectivity index (χ3n) is 2.88. The number of anilines is 2. The van der Waals surface area contributed by atoms with Gasteiger partial charge in [-0.15, -0.1) is 0 Å². The van der Waals surface area contributed by atoms with Crippen LogP contribution in [0.2, 0.25) is 0 Å². The summed E-state index contributed by atoms with van der Waals surface area (Å²) in [5, 5.41) is 5.97. The zero-order chi connectivity index (χ0) is 15.1. The monoisotopic (exact) mass is 348 g/mol. The molecule has 0 heterocycles. The lowest BCUT2D eigenvalue weighted by atomic mass is 10.2. The van der Waals surface area contributed by atoms with Crippen LogP contribution in [0.3, 0.4) is 0 Å². The summed E-state index contributed by atoms with van der Waals surface area (Å²) in [6.07, 6.45) is 0. The van der Waals surface area contributed by atoms with Gasteiger partial charge in [-0.1, -0.05) is 34.1 Å². The van der Waals surface area contributed by atoms with Gasteiger partial charge >= 0.3 is 0 Å². The molecule has 0 radical (unpaired) electrons. The second kappa shape index (κ2) is 7.81. The number of ether oxygens (including phenoxy) is 1. The second-order valence-electron chi connectivity index (χ2n) is 4.50. The highest BCUT2D eigenvalue weighted by molar-refractivity contribution is 9.10. The lowest BCUT2D eigenvalue weighted by Gasteiger charge is -2.11. The van der Waals surface area contributed by atoms with E-state index < -0.39 is 0 Å². The zero-order valence-corrected chi connectivity index (χ0v) is 13.3. The van der Waals surface area contributed by atoms with E-state index in [1.165, 1.54) is 0 Å². The number of rotatable bonds is 6. The van der Waals surface area contributed by atoms with E-state index in [1.54, 1.807) is 7.11 Å². The highest BCUT2D eigenvalue weighted by Crippen LogP contribution is 2.16. The van der Waals surface area contributed by atoms with Gasteiger partial charge in [-0.3, -0.25) is 4.79 Å². The van der Waals surface area contributed by atoms with Crippen LogP contribution in [-0.2, 0) is 16.1 Å². The predicted octanol–water partition coefficient (Wildman–Crippen LogP) is 3.65. The van der Waals surface area contributed by atoms with Crippen LogP contribution in [0.25, 0.3) is 0 Å². The van der Waals surface area contributed by atoms with Crippen molar-refractivity contribution < 1.29 is 9.53 Å². The number of nitrogens with one attached hydrogen (secondary N) is 2. The predicted molar refractivity (Wildman–Crippen MR) is 88.4 cm³/mol. The van der Waals surface area contributed by atoms with Crippen molar-refractivity contribution in [2.45, 2.75) is 6.61 Å². The van der Waals surface area contributed by atoms with Gasteiger partial charge in [0, 0.05) is 28.5 Å². The van der Waals surface area contributed by atoms with Crippen LogP contribution in [0, 0.1) is 0 Å². The van der Waals surface area contributed by atoms with Crippen molar-refractivity contribution >= 4 is 33.2 Å². The van der Waals surface area contributed by atoms with Gasteiger partial charge in [-0.2, -0.15) is 0 Å². The highest BCUT2D eigenvalue weighted by Gasteiger charge is 2.05. The summed E-state index contributed by atoms with van der Waals surface area (Å²) in [6.45, 7) is 0.717. The summed E-state index contributed by atoms with van der Waals surface area (Å²) in [5.41, 5.74) is 2.71. The molecule has 2 N–H and O–H groups in total. The van der Waals surface area contributed by atoms with E-state index in [0.29, 0.717) is 6.61 Å². The Hall–Kier alpha value is -1.85. The molecule has 2 aromatic carbocycles. The van der Waals surface area contributed by atoms with Crippen molar-refractivity contribution in [2.24, 2.45) is 0 Å². The molecule has 1 amide bonds. The van der Waals surface area contributed by atoms with Crippen molar-refractivity contribution in [1.82, 2.24) is 0 Å². The average Bonchev–Trinajstić information content (AvgIpc) is 2.49. The topological polar surface area (TPSA) is 50.4 Å². The molecular formula is C16H17BrN2O2. The molecule has 2 rings (SSSR count). The SMILES string of the molecule is COCc1ccccc1NCC(=O)Nc1ccc(Br)cc1. The minimum atomic E-state index is -0.0930. The molecule has 0 aliphatic rings. The summed E-state index contributed by atoms with van der Waals surface area (Å²) in [7, 11) is 1.65. The molecule has 0 unspecified atom stereocenters. The van der Waals surface area contributed by atoms with E-state index in [-0.39, 0.29) is 12.5 Å². The van der Waals surface area contributed by atoms with Crippen molar-refractivity contribution in [1.29, 1.82) is 0 Å². The van der Waals surface area contributed by atoms with Gasteiger partial charge < -0.3 is 15.4 Å². The van der Waals surface area contributed by atoms with Gasteiger partial charge in [0.2, 0.25) is 5.91 Å². The largest absolute Gasteiger partial charge is 0.380 e. The normalized spacial score (nSPS) is 10.2. The van der Waals surface area contributed by atoms with Crippen LogP contribution < -0.4 is 10.6 Å². The first kappa shape index (κ1) is 15.5. The van der Waals surface area contributed by atoms with Crippen LogP contribution >= 0.6 is 15.9 Å². The number of methoxy groups -OCH3 is 1. The Kier molecular flexibility index (Phi) is 5.78. The Labute approximate surface area is 132 Å². The molecule has 0 aliphatic heterocycles. The van der Waals surface area contributed by atoms with Gasteiger partial charge in [0.1, 0.15) is 0 Å². The molecule has 0 aliphatic carbocycles. The highest BCUT2D eigenvalue weighted by atomic mass is 79.9.